The number of para-hydroxylation sites is 1. The van der Waals surface area contributed by atoms with Crippen molar-refractivity contribution in [2.24, 2.45) is 5.10 Å². The van der Waals surface area contributed by atoms with Crippen LogP contribution in [0, 0.1) is 0 Å². The van der Waals surface area contributed by atoms with Gasteiger partial charge in [-0.15, -0.1) is 0 Å². The number of carbonyl (C=O) groups is 1. The summed E-state index contributed by atoms with van der Waals surface area (Å²) in [6.07, 6.45) is 3.37. The maximum Gasteiger partial charge on any atom is 0.259 e. The van der Waals surface area contributed by atoms with E-state index in [1.807, 2.05) is 73.7 Å². The molecule has 0 fully saturated rings. The lowest BCUT2D eigenvalue weighted by molar-refractivity contribution is -0.119. The number of amides is 1. The molecule has 0 spiro atoms. The van der Waals surface area contributed by atoms with Crippen LogP contribution in [0.1, 0.15) is 12.5 Å². The molecule has 27 heavy (non-hydrogen) atoms. The van der Waals surface area contributed by atoms with E-state index in [1.165, 1.54) is 0 Å². The number of hydrogen-bond donors (Lipinski definition) is 2. The van der Waals surface area contributed by atoms with Crippen molar-refractivity contribution >= 4 is 17.3 Å². The number of hydrazone groups is 1. The molecule has 6 heteroatoms. The molecular weight excluding hydrogens is 340 g/mol. The van der Waals surface area contributed by atoms with Gasteiger partial charge in [0.25, 0.3) is 5.91 Å². The van der Waals surface area contributed by atoms with Crippen LogP contribution in [0.2, 0.25) is 0 Å². The van der Waals surface area contributed by atoms with E-state index < -0.39 is 0 Å². The van der Waals surface area contributed by atoms with E-state index in [1.54, 1.807) is 12.4 Å². The van der Waals surface area contributed by atoms with Crippen molar-refractivity contribution < 1.29 is 9.53 Å². The van der Waals surface area contributed by atoms with E-state index in [-0.39, 0.29) is 12.5 Å². The van der Waals surface area contributed by atoms with Gasteiger partial charge >= 0.3 is 0 Å². The first-order chi connectivity index (χ1) is 13.2. The van der Waals surface area contributed by atoms with Crippen molar-refractivity contribution in [1.29, 1.82) is 0 Å². The second-order valence-electron chi connectivity index (χ2n) is 5.76. The van der Waals surface area contributed by atoms with Crippen molar-refractivity contribution in [3.05, 3.63) is 84.7 Å². The Labute approximate surface area is 157 Å². The summed E-state index contributed by atoms with van der Waals surface area (Å²) >= 11 is 0. The number of carbonyl (C=O) groups excluding carboxylic acids is 1. The summed E-state index contributed by atoms with van der Waals surface area (Å²) in [6, 6.07) is 20.6. The number of aromatic nitrogens is 1. The minimum atomic E-state index is -0.238. The van der Waals surface area contributed by atoms with Gasteiger partial charge in [-0.2, -0.15) is 5.10 Å². The van der Waals surface area contributed by atoms with Crippen LogP contribution in [0.15, 0.2) is 84.2 Å². The molecule has 0 saturated heterocycles. The summed E-state index contributed by atoms with van der Waals surface area (Å²) in [7, 11) is 0. The van der Waals surface area contributed by atoms with E-state index in [0.29, 0.717) is 11.5 Å². The smallest absolute Gasteiger partial charge is 0.259 e. The van der Waals surface area contributed by atoms with Crippen molar-refractivity contribution in [3.63, 3.8) is 0 Å². The SMILES string of the molecule is C/C(=N\NC(=O)CNc1cccc(Oc2ccccc2)c1)c1ccncc1. The summed E-state index contributed by atoms with van der Waals surface area (Å²) in [5, 5.41) is 7.17. The summed E-state index contributed by atoms with van der Waals surface area (Å²) < 4.78 is 5.79. The second-order valence-corrected chi connectivity index (χ2v) is 5.76. The van der Waals surface area contributed by atoms with Gasteiger partial charge in [-0.25, -0.2) is 5.43 Å². The Morgan fingerprint density at radius 3 is 2.52 bits per heavy atom. The first kappa shape index (κ1) is 18.1. The van der Waals surface area contributed by atoms with Crippen molar-refractivity contribution in [2.45, 2.75) is 6.92 Å². The molecule has 3 rings (SSSR count). The van der Waals surface area contributed by atoms with Gasteiger partial charge in [0, 0.05) is 29.7 Å². The van der Waals surface area contributed by atoms with Crippen LogP contribution in [0.3, 0.4) is 0 Å². The first-order valence-corrected chi connectivity index (χ1v) is 8.51. The van der Waals surface area contributed by atoms with Crippen molar-refractivity contribution in [3.8, 4) is 11.5 Å². The summed E-state index contributed by atoms with van der Waals surface area (Å²) in [5.41, 5.74) is 4.94. The molecule has 0 unspecified atom stereocenters. The van der Waals surface area contributed by atoms with Gasteiger partial charge in [0.15, 0.2) is 0 Å². The fourth-order valence-electron chi connectivity index (χ4n) is 2.32. The Kier molecular flexibility index (Phi) is 6.14. The highest BCUT2D eigenvalue weighted by Crippen LogP contribution is 2.23. The number of rotatable bonds is 7. The van der Waals surface area contributed by atoms with Crippen LogP contribution >= 0.6 is 0 Å². The molecule has 0 radical (unpaired) electrons. The normalized spacial score (nSPS) is 10.9. The number of nitrogens with zero attached hydrogens (tertiary/aromatic N) is 2. The molecule has 0 saturated carbocycles. The molecule has 136 valence electrons. The highest BCUT2D eigenvalue weighted by Gasteiger charge is 2.03. The zero-order valence-electron chi connectivity index (χ0n) is 14.9. The van der Waals surface area contributed by atoms with Gasteiger partial charge in [0.05, 0.1) is 12.3 Å². The van der Waals surface area contributed by atoms with Crippen LogP contribution in [0.25, 0.3) is 0 Å². The Bertz CT molecular complexity index is 912. The second kappa shape index (κ2) is 9.15. The first-order valence-electron chi connectivity index (χ1n) is 8.51. The number of anilines is 1. The number of hydrogen-bond acceptors (Lipinski definition) is 5. The number of nitrogens with one attached hydrogen (secondary N) is 2. The van der Waals surface area contributed by atoms with E-state index in [2.05, 4.69) is 20.8 Å². The molecule has 6 nitrogen and oxygen atoms in total. The Balaban J connectivity index is 1.52. The third-order valence-electron chi connectivity index (χ3n) is 3.71. The quantitative estimate of drug-likeness (QED) is 0.496. The van der Waals surface area contributed by atoms with Gasteiger partial charge in [0.2, 0.25) is 0 Å². The number of pyridine rings is 1. The lowest BCUT2D eigenvalue weighted by Gasteiger charge is -2.09. The molecule has 0 aliphatic carbocycles. The minimum Gasteiger partial charge on any atom is -0.457 e. The van der Waals surface area contributed by atoms with Crippen LogP contribution < -0.4 is 15.5 Å². The minimum absolute atomic E-state index is 0.0991. The van der Waals surface area contributed by atoms with Crippen LogP contribution in [-0.4, -0.2) is 23.1 Å². The predicted octanol–water partition coefficient (Wildman–Crippen LogP) is 3.83. The van der Waals surface area contributed by atoms with Gasteiger partial charge in [-0.05, 0) is 43.3 Å². The van der Waals surface area contributed by atoms with Gasteiger partial charge in [0.1, 0.15) is 11.5 Å². The monoisotopic (exact) mass is 360 g/mol. The Morgan fingerprint density at radius 1 is 1.00 bits per heavy atom. The summed E-state index contributed by atoms with van der Waals surface area (Å²) in [4.78, 5) is 16.0. The molecular formula is C21H20N4O2. The zero-order chi connectivity index (χ0) is 18.9. The van der Waals surface area contributed by atoms with Crippen LogP contribution in [0.5, 0.6) is 11.5 Å². The largest absolute Gasteiger partial charge is 0.457 e. The van der Waals surface area contributed by atoms with Crippen molar-refractivity contribution in [2.75, 3.05) is 11.9 Å². The predicted molar refractivity (Wildman–Crippen MR) is 106 cm³/mol. The summed E-state index contributed by atoms with van der Waals surface area (Å²) in [5.74, 6) is 1.21. The van der Waals surface area contributed by atoms with Crippen molar-refractivity contribution in [1.82, 2.24) is 10.4 Å². The van der Waals surface area contributed by atoms with E-state index in [9.17, 15) is 4.79 Å². The molecule has 1 amide bonds. The highest BCUT2D eigenvalue weighted by atomic mass is 16.5. The Morgan fingerprint density at radius 2 is 1.74 bits per heavy atom. The molecule has 1 heterocycles. The lowest BCUT2D eigenvalue weighted by atomic mass is 10.2. The zero-order valence-corrected chi connectivity index (χ0v) is 14.9. The van der Waals surface area contributed by atoms with E-state index >= 15 is 0 Å². The van der Waals surface area contributed by atoms with Crippen LogP contribution in [0.4, 0.5) is 5.69 Å². The molecule has 2 N–H and O–H groups in total. The maximum absolute atomic E-state index is 12.0. The molecule has 0 aliphatic heterocycles. The summed E-state index contributed by atoms with van der Waals surface area (Å²) in [6.45, 7) is 1.93. The molecule has 3 aromatic rings. The molecule has 2 aromatic carbocycles. The third-order valence-corrected chi connectivity index (χ3v) is 3.71. The van der Waals surface area contributed by atoms with E-state index in [0.717, 1.165) is 17.0 Å². The fraction of sp³-hybridized carbons (Fsp3) is 0.0952. The molecule has 0 aliphatic rings. The number of benzene rings is 2. The maximum atomic E-state index is 12.0. The van der Waals surface area contributed by atoms with Gasteiger partial charge < -0.3 is 10.1 Å². The lowest BCUT2D eigenvalue weighted by Crippen LogP contribution is -2.26. The molecule has 1 aromatic heterocycles. The third kappa shape index (κ3) is 5.67. The van der Waals surface area contributed by atoms with E-state index in [4.69, 9.17) is 4.74 Å². The standard InChI is InChI=1S/C21H20N4O2/c1-16(17-10-12-22-13-11-17)24-25-21(26)15-23-18-6-5-9-20(14-18)27-19-7-3-2-4-8-19/h2-14,23H,15H2,1H3,(H,25,26)/b24-16+. The highest BCUT2D eigenvalue weighted by molar-refractivity contribution is 5.99. The topological polar surface area (TPSA) is 75.6 Å². The average molecular weight is 360 g/mol. The fourth-order valence-corrected chi connectivity index (χ4v) is 2.32. The van der Waals surface area contributed by atoms with Gasteiger partial charge in [-0.3, -0.25) is 9.78 Å². The number of ether oxygens (including phenoxy) is 1. The Hall–Kier alpha value is -3.67. The van der Waals surface area contributed by atoms with Crippen LogP contribution in [-0.2, 0) is 4.79 Å². The average Bonchev–Trinajstić information content (AvgIpc) is 2.72. The molecule has 0 bridgehead atoms. The molecule has 0 atom stereocenters. The van der Waals surface area contributed by atoms with Gasteiger partial charge in [-0.1, -0.05) is 24.3 Å².